The summed E-state index contributed by atoms with van der Waals surface area (Å²) in [6.45, 7) is 11.8. The van der Waals surface area contributed by atoms with Crippen LogP contribution in [-0.4, -0.2) is 18.4 Å². The average molecular weight is 337 g/mol. The van der Waals surface area contributed by atoms with Crippen molar-refractivity contribution in [2.45, 2.75) is 53.8 Å². The summed E-state index contributed by atoms with van der Waals surface area (Å²) in [6.07, 6.45) is 0.795. The van der Waals surface area contributed by atoms with Crippen molar-refractivity contribution in [1.29, 1.82) is 0 Å². The maximum absolute atomic E-state index is 12.5. The van der Waals surface area contributed by atoms with Crippen LogP contribution in [0.4, 0.5) is 11.4 Å². The molecule has 1 heterocycles. The van der Waals surface area contributed by atoms with Gasteiger partial charge in [0.15, 0.2) is 0 Å². The van der Waals surface area contributed by atoms with E-state index in [-0.39, 0.29) is 11.8 Å². The zero-order chi connectivity index (χ0) is 17.5. The Hall–Kier alpha value is -1.55. The lowest BCUT2D eigenvalue weighted by molar-refractivity contribution is -0.123. The molecule has 0 saturated carbocycles. The van der Waals surface area contributed by atoms with Gasteiger partial charge < -0.3 is 10.2 Å². The van der Waals surface area contributed by atoms with Crippen LogP contribution in [0.25, 0.3) is 0 Å². The first-order chi connectivity index (χ1) is 10.6. The van der Waals surface area contributed by atoms with Gasteiger partial charge in [0, 0.05) is 24.8 Å². The Morgan fingerprint density at radius 3 is 2.30 bits per heavy atom. The van der Waals surface area contributed by atoms with E-state index in [0.29, 0.717) is 12.4 Å². The van der Waals surface area contributed by atoms with Gasteiger partial charge in [-0.3, -0.25) is 9.59 Å². The zero-order valence-electron chi connectivity index (χ0n) is 14.8. The minimum absolute atomic E-state index is 0.00701. The van der Waals surface area contributed by atoms with Gasteiger partial charge in [-0.15, -0.1) is 11.6 Å². The maximum Gasteiger partial charge on any atom is 0.229 e. The number of hydrogen-bond acceptors (Lipinski definition) is 2. The molecule has 0 fully saturated rings. The van der Waals surface area contributed by atoms with Crippen LogP contribution in [0.2, 0.25) is 0 Å². The fourth-order valence-electron chi connectivity index (χ4n) is 3.03. The third-order valence-corrected chi connectivity index (χ3v) is 4.81. The summed E-state index contributed by atoms with van der Waals surface area (Å²) in [6, 6.07) is 0. The van der Waals surface area contributed by atoms with Crippen LogP contribution in [0, 0.1) is 19.3 Å². The highest BCUT2D eigenvalue weighted by molar-refractivity contribution is 6.17. The number of rotatable bonds is 2. The number of carbonyl (C=O) groups is 2. The van der Waals surface area contributed by atoms with Crippen LogP contribution in [0.15, 0.2) is 0 Å². The van der Waals surface area contributed by atoms with Gasteiger partial charge in [-0.25, -0.2) is 0 Å². The van der Waals surface area contributed by atoms with Gasteiger partial charge in [-0.1, -0.05) is 20.8 Å². The zero-order valence-corrected chi connectivity index (χ0v) is 15.5. The molecule has 126 valence electrons. The smallest absolute Gasteiger partial charge is 0.229 e. The first-order valence-electron chi connectivity index (χ1n) is 7.90. The Labute approximate surface area is 143 Å². The van der Waals surface area contributed by atoms with Crippen LogP contribution < -0.4 is 10.2 Å². The van der Waals surface area contributed by atoms with E-state index in [1.807, 2.05) is 34.6 Å². The second kappa shape index (κ2) is 6.16. The molecule has 0 bridgehead atoms. The quantitative estimate of drug-likeness (QED) is 0.832. The van der Waals surface area contributed by atoms with Crippen molar-refractivity contribution in [2.24, 2.45) is 5.41 Å². The molecule has 0 spiro atoms. The summed E-state index contributed by atoms with van der Waals surface area (Å²) in [4.78, 5) is 26.3. The number of hydrogen-bond donors (Lipinski definition) is 1. The van der Waals surface area contributed by atoms with Crippen LogP contribution in [0.1, 0.15) is 49.9 Å². The number of fused-ring (bicyclic) bond motifs is 1. The molecule has 1 N–H and O–H groups in total. The van der Waals surface area contributed by atoms with Crippen molar-refractivity contribution in [3.05, 3.63) is 22.3 Å². The number of nitrogens with one attached hydrogen (secondary N) is 1. The number of carbonyl (C=O) groups excluding carboxylic acids is 2. The molecule has 0 unspecified atom stereocenters. The first-order valence-corrected chi connectivity index (χ1v) is 8.43. The number of amides is 2. The van der Waals surface area contributed by atoms with Crippen molar-refractivity contribution in [2.75, 3.05) is 16.8 Å². The van der Waals surface area contributed by atoms with E-state index in [4.69, 9.17) is 11.6 Å². The Kier molecular flexibility index (Phi) is 4.76. The van der Waals surface area contributed by atoms with Gasteiger partial charge in [0.1, 0.15) is 0 Å². The Morgan fingerprint density at radius 2 is 1.83 bits per heavy atom. The largest absolute Gasteiger partial charge is 0.324 e. The van der Waals surface area contributed by atoms with Crippen molar-refractivity contribution in [3.8, 4) is 0 Å². The molecule has 1 aromatic rings. The minimum Gasteiger partial charge on any atom is -0.324 e. The highest BCUT2D eigenvalue weighted by Crippen LogP contribution is 2.43. The first kappa shape index (κ1) is 17.8. The van der Waals surface area contributed by atoms with E-state index in [2.05, 4.69) is 5.32 Å². The lowest BCUT2D eigenvalue weighted by Crippen LogP contribution is -2.31. The normalized spacial score (nSPS) is 14.0. The highest BCUT2D eigenvalue weighted by Gasteiger charge is 2.32. The summed E-state index contributed by atoms with van der Waals surface area (Å²) >= 11 is 6.14. The summed E-state index contributed by atoms with van der Waals surface area (Å²) < 4.78 is 0. The molecule has 0 aliphatic carbocycles. The second-order valence-corrected chi connectivity index (χ2v) is 7.46. The molecule has 0 aromatic heterocycles. The Balaban J connectivity index is 2.67. The van der Waals surface area contributed by atoms with E-state index in [9.17, 15) is 9.59 Å². The lowest BCUT2D eigenvalue weighted by atomic mass is 9.92. The molecular weight excluding hydrogens is 312 g/mol. The minimum atomic E-state index is -0.509. The molecule has 1 aromatic carbocycles. The summed E-state index contributed by atoms with van der Waals surface area (Å²) in [5.41, 5.74) is 5.30. The lowest BCUT2D eigenvalue weighted by Gasteiger charge is -2.26. The molecule has 1 aliphatic heterocycles. The number of halogens is 1. The van der Waals surface area contributed by atoms with Crippen LogP contribution in [0.3, 0.4) is 0 Å². The average Bonchev–Trinajstić information content (AvgIpc) is 2.87. The number of anilines is 2. The Bertz CT molecular complexity index is 675. The number of benzene rings is 1. The number of nitrogens with zero attached hydrogens (tertiary/aromatic N) is 1. The molecule has 2 amide bonds. The predicted molar refractivity (Wildman–Crippen MR) is 95.3 cm³/mol. The maximum atomic E-state index is 12.5. The fourth-order valence-corrected chi connectivity index (χ4v) is 3.43. The van der Waals surface area contributed by atoms with Gasteiger partial charge >= 0.3 is 0 Å². The van der Waals surface area contributed by atoms with E-state index < -0.39 is 5.41 Å². The van der Waals surface area contributed by atoms with Crippen molar-refractivity contribution in [1.82, 2.24) is 0 Å². The SMILES string of the molecule is CC(=O)N1CCc2c(C)c(CCl)c(C)c(NC(=O)C(C)(C)C)c21. The summed E-state index contributed by atoms with van der Waals surface area (Å²) in [7, 11) is 0. The van der Waals surface area contributed by atoms with E-state index >= 15 is 0 Å². The fraction of sp³-hybridized carbons (Fsp3) is 0.556. The summed E-state index contributed by atoms with van der Waals surface area (Å²) in [5, 5.41) is 3.05. The molecule has 4 nitrogen and oxygen atoms in total. The van der Waals surface area contributed by atoms with Crippen LogP contribution in [0.5, 0.6) is 0 Å². The van der Waals surface area contributed by atoms with Crippen LogP contribution in [-0.2, 0) is 21.9 Å². The van der Waals surface area contributed by atoms with E-state index in [1.165, 1.54) is 0 Å². The molecule has 2 rings (SSSR count). The number of alkyl halides is 1. The van der Waals surface area contributed by atoms with Gasteiger partial charge in [0.05, 0.1) is 11.4 Å². The van der Waals surface area contributed by atoms with Gasteiger partial charge in [0.2, 0.25) is 11.8 Å². The third-order valence-electron chi connectivity index (χ3n) is 4.54. The summed E-state index contributed by atoms with van der Waals surface area (Å²) in [5.74, 6) is 0.318. The van der Waals surface area contributed by atoms with Gasteiger partial charge in [0.25, 0.3) is 0 Å². The monoisotopic (exact) mass is 336 g/mol. The van der Waals surface area contributed by atoms with Crippen molar-refractivity contribution < 1.29 is 9.59 Å². The van der Waals surface area contributed by atoms with Gasteiger partial charge in [-0.2, -0.15) is 0 Å². The van der Waals surface area contributed by atoms with Crippen molar-refractivity contribution >= 4 is 34.8 Å². The van der Waals surface area contributed by atoms with Gasteiger partial charge in [-0.05, 0) is 42.5 Å². The molecule has 5 heteroatoms. The predicted octanol–water partition coefficient (Wildman–Crippen LogP) is 3.94. The molecule has 0 atom stereocenters. The molecule has 23 heavy (non-hydrogen) atoms. The van der Waals surface area contributed by atoms with E-state index in [0.717, 1.165) is 40.0 Å². The topological polar surface area (TPSA) is 49.4 Å². The third kappa shape index (κ3) is 3.09. The van der Waals surface area contributed by atoms with Crippen molar-refractivity contribution in [3.63, 3.8) is 0 Å². The molecule has 0 radical (unpaired) electrons. The highest BCUT2D eigenvalue weighted by atomic mass is 35.5. The molecule has 1 aliphatic rings. The molecular formula is C18H25ClN2O2. The van der Waals surface area contributed by atoms with E-state index in [1.54, 1.807) is 11.8 Å². The van der Waals surface area contributed by atoms with Crippen LogP contribution >= 0.6 is 11.6 Å². The Morgan fingerprint density at radius 1 is 1.22 bits per heavy atom. The molecule has 0 saturated heterocycles. The second-order valence-electron chi connectivity index (χ2n) is 7.19. The standard InChI is InChI=1S/C18H25ClN2O2/c1-10-13-7-8-21(12(3)22)16(13)15(11(2)14(10)9-19)20-17(23)18(4,5)6/h7-9H2,1-6H3,(H,20,23).